The van der Waals surface area contributed by atoms with Crippen LogP contribution in [0.1, 0.15) is 20.7 Å². The van der Waals surface area contributed by atoms with Crippen molar-refractivity contribution in [3.05, 3.63) is 52.8 Å². The Kier molecular flexibility index (Phi) is 5.65. The van der Waals surface area contributed by atoms with E-state index in [4.69, 9.17) is 27.8 Å². The highest BCUT2D eigenvalue weighted by atomic mass is 35.5. The molecule has 0 bridgehead atoms. The number of rotatable bonds is 4. The first kappa shape index (κ1) is 19.4. The molecule has 2 aromatic rings. The number of nitrogens with zero attached hydrogens (tertiary/aromatic N) is 3. The van der Waals surface area contributed by atoms with Crippen LogP contribution in [0.4, 0.5) is 10.5 Å². The van der Waals surface area contributed by atoms with Crippen LogP contribution in [0.5, 0.6) is 5.75 Å². The lowest BCUT2D eigenvalue weighted by Gasteiger charge is -2.35. The van der Waals surface area contributed by atoms with Gasteiger partial charge in [0.1, 0.15) is 0 Å². The molecule has 1 aromatic carbocycles. The summed E-state index contributed by atoms with van der Waals surface area (Å²) in [4.78, 5) is 42.4. The molecule has 4 N–H and O–H groups in total. The van der Waals surface area contributed by atoms with Crippen LogP contribution < -0.4 is 21.1 Å². The number of halogens is 1. The van der Waals surface area contributed by atoms with Crippen molar-refractivity contribution in [3.63, 3.8) is 0 Å². The van der Waals surface area contributed by atoms with Gasteiger partial charge in [-0.2, -0.15) is 0 Å². The number of nitrogens with two attached hydrogens (primary N) is 2. The van der Waals surface area contributed by atoms with Crippen LogP contribution in [0.25, 0.3) is 0 Å². The van der Waals surface area contributed by atoms with Crippen molar-refractivity contribution in [2.75, 3.05) is 31.1 Å². The number of ether oxygens (including phenoxy) is 1. The first-order valence-electron chi connectivity index (χ1n) is 8.41. The van der Waals surface area contributed by atoms with Crippen molar-refractivity contribution in [1.29, 1.82) is 0 Å². The Hall–Kier alpha value is -3.33. The Bertz CT molecular complexity index is 928. The van der Waals surface area contributed by atoms with E-state index in [1.807, 2.05) is 4.90 Å². The molecule has 28 heavy (non-hydrogen) atoms. The van der Waals surface area contributed by atoms with E-state index < -0.39 is 17.9 Å². The van der Waals surface area contributed by atoms with Crippen molar-refractivity contribution in [2.45, 2.75) is 0 Å². The lowest BCUT2D eigenvalue weighted by atomic mass is 10.1. The Morgan fingerprint density at radius 1 is 1.00 bits per heavy atom. The highest BCUT2D eigenvalue weighted by Crippen LogP contribution is 2.24. The van der Waals surface area contributed by atoms with Gasteiger partial charge >= 0.3 is 6.09 Å². The number of hydrogen-bond acceptors (Lipinski definition) is 6. The SMILES string of the molecule is NC(=O)c1cncc(OC(=O)N2CCN(c3ccc(Cl)c(C(N)=O)c3)CC2)c1. The molecular weight excluding hydrogens is 386 g/mol. The molecule has 1 aliphatic heterocycles. The zero-order valence-corrected chi connectivity index (χ0v) is 15.6. The molecule has 0 aliphatic carbocycles. The highest BCUT2D eigenvalue weighted by Gasteiger charge is 2.24. The first-order valence-corrected chi connectivity index (χ1v) is 8.79. The van der Waals surface area contributed by atoms with E-state index in [2.05, 4.69) is 4.98 Å². The van der Waals surface area contributed by atoms with Gasteiger partial charge in [-0.15, -0.1) is 0 Å². The smallest absolute Gasteiger partial charge is 0.409 e. The number of amides is 3. The van der Waals surface area contributed by atoms with Gasteiger partial charge in [-0.25, -0.2) is 4.79 Å². The summed E-state index contributed by atoms with van der Waals surface area (Å²) in [6.45, 7) is 1.90. The molecule has 1 aromatic heterocycles. The van der Waals surface area contributed by atoms with Crippen LogP contribution in [0.15, 0.2) is 36.7 Å². The topological polar surface area (TPSA) is 132 Å². The van der Waals surface area contributed by atoms with Gasteiger partial charge < -0.3 is 26.0 Å². The van der Waals surface area contributed by atoms with E-state index in [1.54, 1.807) is 23.1 Å². The third kappa shape index (κ3) is 4.32. The Morgan fingerprint density at radius 3 is 2.36 bits per heavy atom. The van der Waals surface area contributed by atoms with E-state index in [0.717, 1.165) is 5.69 Å². The highest BCUT2D eigenvalue weighted by molar-refractivity contribution is 6.33. The number of aromatic nitrogens is 1. The molecule has 1 aliphatic rings. The molecule has 0 spiro atoms. The number of piperazine rings is 1. The summed E-state index contributed by atoms with van der Waals surface area (Å²) in [5.41, 5.74) is 11.7. The lowest BCUT2D eigenvalue weighted by molar-refractivity contribution is 0.0991. The molecule has 0 radical (unpaired) electrons. The number of carbonyl (C=O) groups is 3. The fraction of sp³-hybridized carbons (Fsp3) is 0.222. The molecule has 146 valence electrons. The Balaban J connectivity index is 1.61. The number of hydrogen-bond donors (Lipinski definition) is 2. The normalized spacial score (nSPS) is 13.9. The second-order valence-corrected chi connectivity index (χ2v) is 6.55. The van der Waals surface area contributed by atoms with Gasteiger partial charge in [0.2, 0.25) is 11.8 Å². The quantitative estimate of drug-likeness (QED) is 0.789. The number of anilines is 1. The minimum absolute atomic E-state index is 0.146. The monoisotopic (exact) mass is 403 g/mol. The zero-order chi connectivity index (χ0) is 20.3. The minimum Gasteiger partial charge on any atom is -0.409 e. The first-order chi connectivity index (χ1) is 13.3. The van der Waals surface area contributed by atoms with Gasteiger partial charge in [0.25, 0.3) is 0 Å². The van der Waals surface area contributed by atoms with E-state index in [1.165, 1.54) is 18.5 Å². The van der Waals surface area contributed by atoms with Gasteiger partial charge in [0, 0.05) is 38.1 Å². The van der Waals surface area contributed by atoms with Gasteiger partial charge in [-0.05, 0) is 24.3 Å². The molecule has 1 fully saturated rings. The van der Waals surface area contributed by atoms with Gasteiger partial charge in [-0.3, -0.25) is 14.6 Å². The fourth-order valence-corrected chi connectivity index (χ4v) is 3.03. The second-order valence-electron chi connectivity index (χ2n) is 6.14. The minimum atomic E-state index is -0.655. The molecule has 0 unspecified atom stereocenters. The largest absolute Gasteiger partial charge is 0.415 e. The third-order valence-electron chi connectivity index (χ3n) is 4.32. The predicted octanol–water partition coefficient (Wildman–Crippen LogP) is 1.25. The van der Waals surface area contributed by atoms with Gasteiger partial charge in [-0.1, -0.05) is 11.6 Å². The van der Waals surface area contributed by atoms with Crippen LogP contribution in [0.3, 0.4) is 0 Å². The molecular formula is C18H18ClN5O4. The summed E-state index contributed by atoms with van der Waals surface area (Å²) >= 11 is 5.98. The predicted molar refractivity (Wildman–Crippen MR) is 103 cm³/mol. The van der Waals surface area contributed by atoms with Gasteiger partial charge in [0.05, 0.1) is 22.3 Å². The molecule has 9 nitrogen and oxygen atoms in total. The second kappa shape index (κ2) is 8.13. The molecule has 1 saturated heterocycles. The van der Waals surface area contributed by atoms with Crippen molar-refractivity contribution in [3.8, 4) is 5.75 Å². The summed E-state index contributed by atoms with van der Waals surface area (Å²) < 4.78 is 5.27. The van der Waals surface area contributed by atoms with E-state index >= 15 is 0 Å². The lowest BCUT2D eigenvalue weighted by Crippen LogP contribution is -2.49. The number of benzene rings is 1. The molecule has 0 atom stereocenters. The third-order valence-corrected chi connectivity index (χ3v) is 4.65. The average Bonchev–Trinajstić information content (AvgIpc) is 2.68. The summed E-state index contributed by atoms with van der Waals surface area (Å²) in [6.07, 6.45) is 2.09. The van der Waals surface area contributed by atoms with Crippen molar-refractivity contribution < 1.29 is 19.1 Å². The van der Waals surface area contributed by atoms with Crippen LogP contribution >= 0.6 is 11.6 Å². The van der Waals surface area contributed by atoms with Crippen LogP contribution in [-0.2, 0) is 0 Å². The van der Waals surface area contributed by atoms with Crippen molar-refractivity contribution in [2.24, 2.45) is 11.5 Å². The summed E-state index contributed by atoms with van der Waals surface area (Å²) in [7, 11) is 0. The van der Waals surface area contributed by atoms with Gasteiger partial charge in [0.15, 0.2) is 5.75 Å². The van der Waals surface area contributed by atoms with Crippen LogP contribution in [0.2, 0.25) is 5.02 Å². The van der Waals surface area contributed by atoms with Crippen LogP contribution in [0, 0.1) is 0 Å². The fourth-order valence-electron chi connectivity index (χ4n) is 2.82. The van der Waals surface area contributed by atoms with Crippen LogP contribution in [-0.4, -0.2) is 54.0 Å². The standard InChI is InChI=1S/C18H18ClN5O4/c19-15-2-1-12(8-14(15)17(21)26)23-3-5-24(6-4-23)18(27)28-13-7-11(16(20)25)9-22-10-13/h1-2,7-10H,3-6H2,(H2,20,25)(H2,21,26). The summed E-state index contributed by atoms with van der Waals surface area (Å²) in [6, 6.07) is 6.42. The maximum Gasteiger partial charge on any atom is 0.415 e. The molecule has 3 rings (SSSR count). The molecule has 0 saturated carbocycles. The number of carbonyl (C=O) groups excluding carboxylic acids is 3. The average molecular weight is 404 g/mol. The molecule has 3 amide bonds. The Morgan fingerprint density at radius 2 is 1.71 bits per heavy atom. The number of primary amides is 2. The summed E-state index contributed by atoms with van der Waals surface area (Å²) in [5.74, 6) is -1.11. The maximum atomic E-state index is 12.3. The van der Waals surface area contributed by atoms with E-state index in [9.17, 15) is 14.4 Å². The molecule has 10 heteroatoms. The van der Waals surface area contributed by atoms with Crippen molar-refractivity contribution in [1.82, 2.24) is 9.88 Å². The molecule has 2 heterocycles. The Labute approximate surface area is 165 Å². The summed E-state index contributed by atoms with van der Waals surface area (Å²) in [5, 5.41) is 0.297. The number of pyridine rings is 1. The van der Waals surface area contributed by atoms with E-state index in [0.29, 0.717) is 31.2 Å². The van der Waals surface area contributed by atoms with Crippen molar-refractivity contribution >= 4 is 35.2 Å². The zero-order valence-electron chi connectivity index (χ0n) is 14.8. The maximum absolute atomic E-state index is 12.3. The van der Waals surface area contributed by atoms with E-state index in [-0.39, 0.29) is 16.9 Å².